The number of carbonyl (C=O) groups excluding carboxylic acids is 2. The Morgan fingerprint density at radius 2 is 1.75 bits per heavy atom. The molecule has 1 rings (SSSR count). The largest absolute Gasteiger partial charge is 0.355 e. The predicted molar refractivity (Wildman–Crippen MR) is 80.1 cm³/mol. The van der Waals surface area contributed by atoms with E-state index in [0.29, 0.717) is 19.5 Å². The van der Waals surface area contributed by atoms with E-state index in [1.807, 2.05) is 13.8 Å². The average molecular weight is 283 g/mol. The molecule has 0 heterocycles. The minimum atomic E-state index is -0.392. The highest BCUT2D eigenvalue weighted by Crippen LogP contribution is 2.35. The average Bonchev–Trinajstić information content (AvgIpc) is 2.49. The third-order valence-corrected chi connectivity index (χ3v) is 4.42. The zero-order chi connectivity index (χ0) is 15.0. The van der Waals surface area contributed by atoms with Crippen LogP contribution in [0, 0.1) is 5.41 Å². The molecule has 0 aliphatic heterocycles. The molecule has 5 heteroatoms. The van der Waals surface area contributed by atoms with Crippen LogP contribution in [0.5, 0.6) is 0 Å². The summed E-state index contributed by atoms with van der Waals surface area (Å²) in [7, 11) is 0. The molecule has 0 radical (unpaired) electrons. The fourth-order valence-corrected chi connectivity index (χ4v) is 2.96. The topological polar surface area (TPSA) is 75.4 Å². The third kappa shape index (κ3) is 4.20. The lowest BCUT2D eigenvalue weighted by molar-refractivity contribution is -0.133. The predicted octanol–water partition coefficient (Wildman–Crippen LogP) is 1.27. The van der Waals surface area contributed by atoms with E-state index in [1.165, 1.54) is 6.42 Å². The summed E-state index contributed by atoms with van der Waals surface area (Å²) in [5, 5.41) is 2.91. The lowest BCUT2D eigenvalue weighted by Gasteiger charge is -2.34. The summed E-state index contributed by atoms with van der Waals surface area (Å²) in [5.74, 6) is 0.132. The molecule has 1 fully saturated rings. The van der Waals surface area contributed by atoms with Gasteiger partial charge >= 0.3 is 0 Å². The van der Waals surface area contributed by atoms with Gasteiger partial charge < -0.3 is 16.0 Å². The molecular weight excluding hydrogens is 254 g/mol. The standard InChI is InChI=1S/C15H29N3O2/c1-3-18(4-2)13(19)8-11-17-14(20)15(12-16)9-6-5-7-10-15/h3-12,16H2,1-2H3,(H,17,20). The molecule has 5 nitrogen and oxygen atoms in total. The van der Waals surface area contributed by atoms with Gasteiger partial charge in [0, 0.05) is 32.6 Å². The first-order chi connectivity index (χ1) is 9.59. The number of carbonyl (C=O) groups is 2. The number of amides is 2. The molecule has 0 bridgehead atoms. The van der Waals surface area contributed by atoms with E-state index < -0.39 is 5.41 Å². The number of rotatable bonds is 7. The van der Waals surface area contributed by atoms with Crippen molar-refractivity contribution in [3.63, 3.8) is 0 Å². The maximum atomic E-state index is 12.3. The Labute approximate surface area is 122 Å². The van der Waals surface area contributed by atoms with E-state index in [-0.39, 0.29) is 11.8 Å². The van der Waals surface area contributed by atoms with Crippen LogP contribution in [0.25, 0.3) is 0 Å². The highest BCUT2D eigenvalue weighted by molar-refractivity contribution is 5.84. The van der Waals surface area contributed by atoms with E-state index in [9.17, 15) is 9.59 Å². The number of nitrogens with zero attached hydrogens (tertiary/aromatic N) is 1. The van der Waals surface area contributed by atoms with Crippen molar-refractivity contribution in [3.05, 3.63) is 0 Å². The Morgan fingerprint density at radius 3 is 2.25 bits per heavy atom. The molecule has 116 valence electrons. The Morgan fingerprint density at radius 1 is 1.15 bits per heavy atom. The van der Waals surface area contributed by atoms with Crippen molar-refractivity contribution in [1.82, 2.24) is 10.2 Å². The Kier molecular flexibility index (Phi) is 6.99. The lowest BCUT2D eigenvalue weighted by atomic mass is 9.73. The van der Waals surface area contributed by atoms with Gasteiger partial charge in [-0.2, -0.15) is 0 Å². The van der Waals surface area contributed by atoms with Crippen LogP contribution in [0.3, 0.4) is 0 Å². The Bertz CT molecular complexity index is 321. The number of nitrogens with one attached hydrogen (secondary N) is 1. The fraction of sp³-hybridized carbons (Fsp3) is 0.867. The first kappa shape index (κ1) is 17.0. The van der Waals surface area contributed by atoms with Gasteiger partial charge in [0.1, 0.15) is 0 Å². The summed E-state index contributed by atoms with van der Waals surface area (Å²) < 4.78 is 0. The van der Waals surface area contributed by atoms with Gasteiger partial charge in [0.15, 0.2) is 0 Å². The van der Waals surface area contributed by atoms with Crippen LogP contribution in [0.15, 0.2) is 0 Å². The minimum absolute atomic E-state index is 0.0343. The van der Waals surface area contributed by atoms with Gasteiger partial charge in [0.2, 0.25) is 11.8 Å². The van der Waals surface area contributed by atoms with Crippen LogP contribution in [0.1, 0.15) is 52.4 Å². The Balaban J connectivity index is 2.40. The summed E-state index contributed by atoms with van der Waals surface area (Å²) >= 11 is 0. The molecule has 0 aromatic heterocycles. The van der Waals surface area contributed by atoms with Gasteiger partial charge in [0.05, 0.1) is 5.41 Å². The minimum Gasteiger partial charge on any atom is -0.355 e. The van der Waals surface area contributed by atoms with Crippen molar-refractivity contribution < 1.29 is 9.59 Å². The molecule has 1 saturated carbocycles. The molecule has 20 heavy (non-hydrogen) atoms. The second-order valence-corrected chi connectivity index (χ2v) is 5.62. The van der Waals surface area contributed by atoms with Gasteiger partial charge in [-0.05, 0) is 26.7 Å². The normalized spacial score (nSPS) is 17.6. The summed E-state index contributed by atoms with van der Waals surface area (Å²) in [4.78, 5) is 26.0. The van der Waals surface area contributed by atoms with Crippen LogP contribution < -0.4 is 11.1 Å². The van der Waals surface area contributed by atoms with Gasteiger partial charge in [-0.25, -0.2) is 0 Å². The van der Waals surface area contributed by atoms with Crippen LogP contribution in [0.4, 0.5) is 0 Å². The van der Waals surface area contributed by atoms with Crippen LogP contribution >= 0.6 is 0 Å². The molecule has 0 aromatic rings. The molecule has 0 saturated heterocycles. The zero-order valence-electron chi connectivity index (χ0n) is 12.9. The van der Waals surface area contributed by atoms with Gasteiger partial charge in [-0.1, -0.05) is 19.3 Å². The second kappa shape index (κ2) is 8.25. The van der Waals surface area contributed by atoms with Crippen LogP contribution in [-0.2, 0) is 9.59 Å². The molecule has 1 aliphatic carbocycles. The highest BCUT2D eigenvalue weighted by atomic mass is 16.2. The lowest BCUT2D eigenvalue weighted by Crippen LogP contribution is -2.48. The van der Waals surface area contributed by atoms with E-state index >= 15 is 0 Å². The van der Waals surface area contributed by atoms with E-state index in [0.717, 1.165) is 38.8 Å². The third-order valence-electron chi connectivity index (χ3n) is 4.42. The summed E-state index contributed by atoms with van der Waals surface area (Å²) in [5.41, 5.74) is 5.43. The summed E-state index contributed by atoms with van der Waals surface area (Å²) in [6.07, 6.45) is 5.45. The highest BCUT2D eigenvalue weighted by Gasteiger charge is 2.37. The molecule has 0 unspecified atom stereocenters. The molecule has 0 spiro atoms. The summed E-state index contributed by atoms with van der Waals surface area (Å²) in [6.45, 7) is 6.18. The van der Waals surface area contributed by atoms with Crippen LogP contribution in [-0.4, -0.2) is 42.9 Å². The number of hydrogen-bond acceptors (Lipinski definition) is 3. The molecular formula is C15H29N3O2. The monoisotopic (exact) mass is 283 g/mol. The number of nitrogens with two attached hydrogens (primary N) is 1. The fourth-order valence-electron chi connectivity index (χ4n) is 2.96. The first-order valence-electron chi connectivity index (χ1n) is 7.85. The first-order valence-corrected chi connectivity index (χ1v) is 7.85. The van der Waals surface area contributed by atoms with Crippen LogP contribution in [0.2, 0.25) is 0 Å². The van der Waals surface area contributed by atoms with Crippen molar-refractivity contribution in [2.45, 2.75) is 52.4 Å². The van der Waals surface area contributed by atoms with E-state index in [2.05, 4.69) is 5.32 Å². The molecule has 1 aliphatic rings. The van der Waals surface area contributed by atoms with Crippen molar-refractivity contribution in [2.75, 3.05) is 26.2 Å². The van der Waals surface area contributed by atoms with Gasteiger partial charge in [-0.3, -0.25) is 9.59 Å². The maximum Gasteiger partial charge on any atom is 0.227 e. The van der Waals surface area contributed by atoms with Gasteiger partial charge in [0.25, 0.3) is 0 Å². The molecule has 3 N–H and O–H groups in total. The Hall–Kier alpha value is -1.10. The second-order valence-electron chi connectivity index (χ2n) is 5.62. The van der Waals surface area contributed by atoms with Crippen molar-refractivity contribution in [3.8, 4) is 0 Å². The van der Waals surface area contributed by atoms with Crippen molar-refractivity contribution >= 4 is 11.8 Å². The van der Waals surface area contributed by atoms with Crippen molar-refractivity contribution in [2.24, 2.45) is 11.1 Å². The molecule has 0 atom stereocenters. The smallest absolute Gasteiger partial charge is 0.227 e. The summed E-state index contributed by atoms with van der Waals surface area (Å²) in [6, 6.07) is 0. The van der Waals surface area contributed by atoms with E-state index in [4.69, 9.17) is 5.73 Å². The molecule has 0 aromatic carbocycles. The zero-order valence-corrected chi connectivity index (χ0v) is 12.9. The number of hydrogen-bond donors (Lipinski definition) is 2. The quantitative estimate of drug-likeness (QED) is 0.739. The molecule has 2 amide bonds. The SMILES string of the molecule is CCN(CC)C(=O)CCNC(=O)C1(CN)CCCCC1. The van der Waals surface area contributed by atoms with Crippen molar-refractivity contribution in [1.29, 1.82) is 0 Å². The maximum absolute atomic E-state index is 12.3. The van der Waals surface area contributed by atoms with E-state index in [1.54, 1.807) is 4.90 Å². The van der Waals surface area contributed by atoms with Gasteiger partial charge in [-0.15, -0.1) is 0 Å².